The lowest BCUT2D eigenvalue weighted by Gasteiger charge is -2.34. The van der Waals surface area contributed by atoms with Crippen LogP contribution in [0.25, 0.3) is 0 Å². The van der Waals surface area contributed by atoms with E-state index in [4.69, 9.17) is 5.11 Å². The fourth-order valence-corrected chi connectivity index (χ4v) is 1.68. The molecule has 1 aliphatic rings. The maximum atomic E-state index is 11.8. The maximum Gasteiger partial charge on any atom is 0.333 e. The summed E-state index contributed by atoms with van der Waals surface area (Å²) in [5.41, 5.74) is 0. The number of hydrogen-bond donors (Lipinski definition) is 1. The normalized spacial score (nSPS) is 21.1. The smallest absolute Gasteiger partial charge is 0.333 e. The van der Waals surface area contributed by atoms with Gasteiger partial charge in [0.1, 0.15) is 5.92 Å². The first-order valence-electron chi connectivity index (χ1n) is 5.24. The summed E-state index contributed by atoms with van der Waals surface area (Å²) < 4.78 is 0. The van der Waals surface area contributed by atoms with E-state index >= 15 is 0 Å². The number of aliphatic carboxylic acids is 1. The summed E-state index contributed by atoms with van der Waals surface area (Å²) in [6.45, 7) is 1.97. The van der Waals surface area contributed by atoms with Gasteiger partial charge in [0.25, 0.3) is 0 Å². The van der Waals surface area contributed by atoms with E-state index in [9.17, 15) is 19.2 Å². The van der Waals surface area contributed by atoms with Crippen molar-refractivity contribution in [1.29, 1.82) is 0 Å². The van der Waals surface area contributed by atoms with Gasteiger partial charge in [-0.05, 0) is 6.42 Å². The third kappa shape index (κ3) is 2.43. The molecule has 1 saturated heterocycles. The van der Waals surface area contributed by atoms with Crippen LogP contribution in [0, 0.1) is 5.92 Å². The van der Waals surface area contributed by atoms with E-state index in [0.29, 0.717) is 6.42 Å². The molecule has 1 aliphatic heterocycles. The van der Waals surface area contributed by atoms with Crippen molar-refractivity contribution < 1.29 is 24.3 Å². The number of barbiturate groups is 1. The molecule has 0 saturated carbocycles. The summed E-state index contributed by atoms with van der Waals surface area (Å²) >= 11 is 0. The van der Waals surface area contributed by atoms with E-state index in [2.05, 4.69) is 0 Å². The second kappa shape index (κ2) is 4.94. The van der Waals surface area contributed by atoms with Gasteiger partial charge in [-0.25, -0.2) is 4.79 Å². The quantitative estimate of drug-likeness (QED) is 0.695. The zero-order valence-corrected chi connectivity index (χ0v) is 9.67. The molecule has 1 heterocycles. The Morgan fingerprint density at radius 3 is 2.35 bits per heavy atom. The summed E-state index contributed by atoms with van der Waals surface area (Å²) in [5.74, 6) is -4.00. The molecule has 4 amide bonds. The van der Waals surface area contributed by atoms with Crippen molar-refractivity contribution in [2.45, 2.75) is 19.8 Å². The second-order valence-corrected chi connectivity index (χ2v) is 3.82. The van der Waals surface area contributed by atoms with E-state index in [1.165, 1.54) is 7.05 Å². The number of hydrogen-bond acceptors (Lipinski definition) is 4. The van der Waals surface area contributed by atoms with Gasteiger partial charge in [0, 0.05) is 13.6 Å². The van der Waals surface area contributed by atoms with E-state index < -0.39 is 36.2 Å². The van der Waals surface area contributed by atoms with Crippen LogP contribution in [-0.2, 0) is 14.4 Å². The van der Waals surface area contributed by atoms with Crippen LogP contribution in [0.1, 0.15) is 19.8 Å². The third-order valence-electron chi connectivity index (χ3n) is 2.54. The Kier molecular flexibility index (Phi) is 3.82. The standard InChI is InChI=1S/C10H14N2O5/c1-3-4-12-9(16)6(5-7(13)14)8(15)11(2)10(12)17/h6H,3-5H2,1-2H3,(H,13,14). The van der Waals surface area contributed by atoms with Crippen LogP contribution in [0.15, 0.2) is 0 Å². The van der Waals surface area contributed by atoms with E-state index in [0.717, 1.165) is 9.80 Å². The van der Waals surface area contributed by atoms with Crippen LogP contribution < -0.4 is 0 Å². The van der Waals surface area contributed by atoms with Crippen LogP contribution >= 0.6 is 0 Å². The van der Waals surface area contributed by atoms with Crippen LogP contribution in [0.4, 0.5) is 4.79 Å². The number of carbonyl (C=O) groups excluding carboxylic acids is 3. The first kappa shape index (κ1) is 13.1. The van der Waals surface area contributed by atoms with Crippen LogP contribution in [0.2, 0.25) is 0 Å². The lowest BCUT2D eigenvalue weighted by atomic mass is 10.00. The average Bonchev–Trinajstić information content (AvgIpc) is 2.27. The predicted octanol–water partition coefficient (Wildman–Crippen LogP) is -0.0921. The molecule has 7 nitrogen and oxygen atoms in total. The minimum absolute atomic E-state index is 0.186. The summed E-state index contributed by atoms with van der Waals surface area (Å²) in [5, 5.41) is 8.64. The molecule has 0 aliphatic carbocycles. The topological polar surface area (TPSA) is 95.0 Å². The van der Waals surface area contributed by atoms with Crippen molar-refractivity contribution in [3.63, 3.8) is 0 Å². The van der Waals surface area contributed by atoms with Gasteiger partial charge >= 0.3 is 12.0 Å². The fraction of sp³-hybridized carbons (Fsp3) is 0.600. The molecular weight excluding hydrogens is 228 g/mol. The minimum atomic E-state index is -1.29. The molecule has 0 bridgehead atoms. The van der Waals surface area contributed by atoms with E-state index in [-0.39, 0.29) is 6.54 Å². The van der Waals surface area contributed by atoms with Crippen molar-refractivity contribution >= 4 is 23.8 Å². The monoisotopic (exact) mass is 242 g/mol. The van der Waals surface area contributed by atoms with Crippen molar-refractivity contribution in [2.75, 3.05) is 13.6 Å². The minimum Gasteiger partial charge on any atom is -0.481 e. The third-order valence-corrected chi connectivity index (χ3v) is 2.54. The Morgan fingerprint density at radius 1 is 1.29 bits per heavy atom. The molecule has 0 radical (unpaired) electrons. The first-order chi connectivity index (χ1) is 7.90. The van der Waals surface area contributed by atoms with Gasteiger partial charge in [-0.3, -0.25) is 24.2 Å². The SMILES string of the molecule is CCCN1C(=O)C(CC(=O)O)C(=O)N(C)C1=O. The Bertz CT molecular complexity index is 379. The molecule has 17 heavy (non-hydrogen) atoms. The van der Waals surface area contributed by atoms with Gasteiger partial charge in [0.05, 0.1) is 6.42 Å². The largest absolute Gasteiger partial charge is 0.481 e. The molecule has 0 aromatic carbocycles. The summed E-state index contributed by atoms with van der Waals surface area (Å²) in [4.78, 5) is 47.4. The molecule has 1 rings (SSSR count). The molecular formula is C10H14N2O5. The zero-order chi connectivity index (χ0) is 13.2. The number of carboxylic acid groups (broad SMARTS) is 1. The van der Waals surface area contributed by atoms with Gasteiger partial charge in [-0.1, -0.05) is 6.92 Å². The molecule has 1 unspecified atom stereocenters. The highest BCUT2D eigenvalue weighted by molar-refractivity contribution is 6.16. The molecule has 0 spiro atoms. The van der Waals surface area contributed by atoms with Gasteiger partial charge in [0.15, 0.2) is 0 Å². The highest BCUT2D eigenvalue weighted by Gasteiger charge is 2.44. The molecule has 1 fully saturated rings. The van der Waals surface area contributed by atoms with Crippen LogP contribution in [-0.4, -0.2) is 52.3 Å². The maximum absolute atomic E-state index is 11.8. The molecule has 0 aromatic heterocycles. The van der Waals surface area contributed by atoms with Crippen molar-refractivity contribution in [3.8, 4) is 0 Å². The lowest BCUT2D eigenvalue weighted by molar-refractivity contribution is -0.154. The Hall–Kier alpha value is -1.92. The highest BCUT2D eigenvalue weighted by Crippen LogP contribution is 2.19. The first-order valence-corrected chi connectivity index (χ1v) is 5.24. The number of carboxylic acids is 1. The lowest BCUT2D eigenvalue weighted by Crippen LogP contribution is -2.58. The van der Waals surface area contributed by atoms with Crippen molar-refractivity contribution in [1.82, 2.24) is 9.80 Å². The van der Waals surface area contributed by atoms with E-state index in [1.54, 1.807) is 6.92 Å². The molecule has 1 N–H and O–H groups in total. The number of imide groups is 2. The fourth-order valence-electron chi connectivity index (χ4n) is 1.68. The number of carbonyl (C=O) groups is 4. The summed E-state index contributed by atoms with van der Waals surface area (Å²) in [6, 6.07) is -0.691. The molecule has 0 aromatic rings. The summed E-state index contributed by atoms with van der Waals surface area (Å²) in [7, 11) is 1.24. The number of amides is 4. The number of urea groups is 1. The van der Waals surface area contributed by atoms with Gasteiger partial charge in [-0.15, -0.1) is 0 Å². The Balaban J connectivity index is 2.98. The van der Waals surface area contributed by atoms with Gasteiger partial charge in [0.2, 0.25) is 11.8 Å². The Morgan fingerprint density at radius 2 is 1.88 bits per heavy atom. The van der Waals surface area contributed by atoms with Crippen molar-refractivity contribution in [3.05, 3.63) is 0 Å². The zero-order valence-electron chi connectivity index (χ0n) is 9.67. The van der Waals surface area contributed by atoms with Crippen LogP contribution in [0.5, 0.6) is 0 Å². The average molecular weight is 242 g/mol. The van der Waals surface area contributed by atoms with Crippen molar-refractivity contribution in [2.24, 2.45) is 5.92 Å². The highest BCUT2D eigenvalue weighted by atomic mass is 16.4. The number of nitrogens with zero attached hydrogens (tertiary/aromatic N) is 2. The molecule has 94 valence electrons. The van der Waals surface area contributed by atoms with E-state index in [1.807, 2.05) is 0 Å². The molecule has 7 heteroatoms. The van der Waals surface area contributed by atoms with Crippen LogP contribution in [0.3, 0.4) is 0 Å². The predicted molar refractivity (Wildman–Crippen MR) is 55.9 cm³/mol. The second-order valence-electron chi connectivity index (χ2n) is 3.82. The molecule has 1 atom stereocenters. The summed E-state index contributed by atoms with van der Waals surface area (Å²) in [6.07, 6.45) is -0.0329. The van der Waals surface area contributed by atoms with Gasteiger partial charge < -0.3 is 5.11 Å². The van der Waals surface area contributed by atoms with Gasteiger partial charge in [-0.2, -0.15) is 0 Å². The number of rotatable bonds is 4. The Labute approximate surface area is 98.0 Å².